The molecule has 0 unspecified atom stereocenters. The molecule has 4 N–H and O–H groups in total. The highest BCUT2D eigenvalue weighted by atomic mass is 16.1. The van der Waals surface area contributed by atoms with E-state index >= 15 is 0 Å². The van der Waals surface area contributed by atoms with Crippen LogP contribution in [0.1, 0.15) is 21.7 Å². The van der Waals surface area contributed by atoms with E-state index in [4.69, 9.17) is 11.5 Å². The fourth-order valence-electron chi connectivity index (χ4n) is 2.51. The van der Waals surface area contributed by atoms with Gasteiger partial charge in [-0.2, -0.15) is 5.10 Å². The fraction of sp³-hybridized carbons (Fsp3) is 0.333. The highest BCUT2D eigenvalue weighted by Gasteiger charge is 2.26. The molecule has 8 heteroatoms. The van der Waals surface area contributed by atoms with Crippen LogP contribution in [0.4, 0.5) is 11.6 Å². The maximum Gasteiger partial charge on any atom is 0.269 e. The quantitative estimate of drug-likeness (QED) is 0.758. The summed E-state index contributed by atoms with van der Waals surface area (Å²) in [6, 6.07) is 0. The van der Waals surface area contributed by atoms with Gasteiger partial charge in [-0.1, -0.05) is 0 Å². The number of carbonyl (C=O) groups is 1. The van der Waals surface area contributed by atoms with Crippen LogP contribution < -0.4 is 16.4 Å². The Morgan fingerprint density at radius 1 is 1.40 bits per heavy atom. The second-order valence-corrected chi connectivity index (χ2v) is 4.74. The van der Waals surface area contributed by atoms with Gasteiger partial charge in [0, 0.05) is 37.8 Å². The summed E-state index contributed by atoms with van der Waals surface area (Å²) < 4.78 is 1.72. The molecule has 0 saturated carbocycles. The zero-order valence-corrected chi connectivity index (χ0v) is 11.1. The molecule has 0 aromatic carbocycles. The molecular weight excluding hydrogens is 258 g/mol. The minimum atomic E-state index is -0.512. The zero-order valence-electron chi connectivity index (χ0n) is 11.1. The Kier molecular flexibility index (Phi) is 2.78. The van der Waals surface area contributed by atoms with Crippen LogP contribution in [0.25, 0.3) is 0 Å². The molecule has 20 heavy (non-hydrogen) atoms. The largest absolute Gasteiger partial charge is 0.382 e. The molecule has 8 nitrogen and oxygen atoms in total. The van der Waals surface area contributed by atoms with Gasteiger partial charge in [0.05, 0.1) is 12.4 Å². The lowest BCUT2D eigenvalue weighted by molar-refractivity contribution is 0.0994. The van der Waals surface area contributed by atoms with Gasteiger partial charge in [-0.15, -0.1) is 0 Å². The molecule has 3 rings (SSSR count). The van der Waals surface area contributed by atoms with Crippen LogP contribution in [0.3, 0.4) is 0 Å². The number of nitrogen functional groups attached to an aromatic ring is 1. The molecular formula is C12H15N7O. The number of aromatic nitrogens is 4. The van der Waals surface area contributed by atoms with Crippen LogP contribution in [-0.4, -0.2) is 32.2 Å². The number of hydrogen-bond acceptors (Lipinski definition) is 6. The van der Waals surface area contributed by atoms with Gasteiger partial charge >= 0.3 is 0 Å². The Labute approximate surface area is 115 Å². The van der Waals surface area contributed by atoms with E-state index < -0.39 is 5.91 Å². The van der Waals surface area contributed by atoms with Gasteiger partial charge in [0.15, 0.2) is 5.69 Å². The summed E-state index contributed by atoms with van der Waals surface area (Å²) in [6.07, 6.45) is 3.92. The Hall–Kier alpha value is -2.64. The summed E-state index contributed by atoms with van der Waals surface area (Å²) >= 11 is 0. The number of carbonyl (C=O) groups excluding carboxylic acids is 1. The van der Waals surface area contributed by atoms with E-state index in [0.29, 0.717) is 23.9 Å². The molecule has 104 valence electrons. The molecule has 2 aromatic heterocycles. The molecule has 0 atom stereocenters. The third-order valence-corrected chi connectivity index (χ3v) is 3.44. The summed E-state index contributed by atoms with van der Waals surface area (Å²) in [5, 5.41) is 4.19. The van der Waals surface area contributed by atoms with Gasteiger partial charge in [-0.05, 0) is 0 Å². The van der Waals surface area contributed by atoms with Crippen LogP contribution in [0, 0.1) is 0 Å². The number of fused-ring (bicyclic) bond motifs is 1. The van der Waals surface area contributed by atoms with Crippen molar-refractivity contribution in [3.05, 3.63) is 29.3 Å². The summed E-state index contributed by atoms with van der Waals surface area (Å²) in [6.45, 7) is 1.29. The normalized spacial score (nSPS) is 14.2. The first-order valence-corrected chi connectivity index (χ1v) is 6.23. The predicted molar refractivity (Wildman–Crippen MR) is 72.9 cm³/mol. The van der Waals surface area contributed by atoms with E-state index in [0.717, 1.165) is 24.2 Å². The van der Waals surface area contributed by atoms with Crippen molar-refractivity contribution in [2.45, 2.75) is 13.0 Å². The number of anilines is 2. The van der Waals surface area contributed by atoms with E-state index in [1.807, 2.05) is 11.9 Å². The van der Waals surface area contributed by atoms with E-state index in [9.17, 15) is 4.79 Å². The minimum absolute atomic E-state index is 0.323. The zero-order chi connectivity index (χ0) is 14.3. The van der Waals surface area contributed by atoms with Crippen molar-refractivity contribution in [1.82, 2.24) is 19.7 Å². The highest BCUT2D eigenvalue weighted by Crippen LogP contribution is 2.25. The van der Waals surface area contributed by atoms with E-state index in [1.165, 1.54) is 6.20 Å². The van der Waals surface area contributed by atoms with Crippen LogP contribution in [-0.2, 0) is 20.0 Å². The lowest BCUT2D eigenvalue weighted by Crippen LogP contribution is -2.32. The second kappa shape index (κ2) is 4.48. The molecule has 0 bridgehead atoms. The Balaban J connectivity index is 1.97. The molecule has 1 aliphatic rings. The van der Waals surface area contributed by atoms with Crippen molar-refractivity contribution in [2.24, 2.45) is 12.8 Å². The van der Waals surface area contributed by atoms with Gasteiger partial charge in [0.1, 0.15) is 11.6 Å². The number of hydrogen-bond donors (Lipinski definition) is 2. The van der Waals surface area contributed by atoms with Crippen molar-refractivity contribution in [2.75, 3.05) is 17.2 Å². The summed E-state index contributed by atoms with van der Waals surface area (Å²) in [5.74, 6) is 0.548. The van der Waals surface area contributed by atoms with E-state index in [1.54, 1.807) is 10.9 Å². The number of rotatable bonds is 2. The van der Waals surface area contributed by atoms with Gasteiger partial charge in [-0.3, -0.25) is 14.5 Å². The van der Waals surface area contributed by atoms with Crippen molar-refractivity contribution in [3.8, 4) is 0 Å². The number of nitrogens with zero attached hydrogens (tertiary/aromatic N) is 5. The Morgan fingerprint density at radius 3 is 2.90 bits per heavy atom. The monoisotopic (exact) mass is 273 g/mol. The van der Waals surface area contributed by atoms with Crippen LogP contribution in [0.15, 0.2) is 12.4 Å². The molecule has 1 amide bonds. The molecule has 1 aliphatic heterocycles. The van der Waals surface area contributed by atoms with Gasteiger partial charge in [-0.25, -0.2) is 4.98 Å². The first kappa shape index (κ1) is 12.4. The molecule has 0 fully saturated rings. The topological polar surface area (TPSA) is 116 Å². The molecule has 0 saturated heterocycles. The number of amides is 1. The van der Waals surface area contributed by atoms with Crippen molar-refractivity contribution < 1.29 is 4.79 Å². The third kappa shape index (κ3) is 1.94. The lowest BCUT2D eigenvalue weighted by atomic mass is 10.0. The van der Waals surface area contributed by atoms with Crippen LogP contribution in [0.5, 0.6) is 0 Å². The standard InChI is InChI=1S/C12H15N7O/c1-18-8-2-3-19(10-5-15-4-9(13)16-10)6-7(8)11(17-18)12(14)20/h4-5H,2-3,6H2,1H3,(H2,13,16)(H2,14,20). The second-order valence-electron chi connectivity index (χ2n) is 4.74. The fourth-order valence-corrected chi connectivity index (χ4v) is 2.51. The first-order chi connectivity index (χ1) is 9.56. The van der Waals surface area contributed by atoms with Gasteiger partial charge in [0.25, 0.3) is 5.91 Å². The van der Waals surface area contributed by atoms with E-state index in [2.05, 4.69) is 15.1 Å². The SMILES string of the molecule is Cn1nc(C(N)=O)c2c1CCN(c1cncc(N)n1)C2. The minimum Gasteiger partial charge on any atom is -0.382 e. The Bertz CT molecular complexity index is 678. The first-order valence-electron chi connectivity index (χ1n) is 6.23. The highest BCUT2D eigenvalue weighted by molar-refractivity contribution is 5.92. The van der Waals surface area contributed by atoms with E-state index in [-0.39, 0.29) is 0 Å². The maximum atomic E-state index is 11.5. The predicted octanol–water partition coefficient (Wildman–Crippen LogP) is -0.546. The number of aryl methyl sites for hydroxylation is 1. The van der Waals surface area contributed by atoms with Crippen molar-refractivity contribution in [3.63, 3.8) is 0 Å². The number of primary amides is 1. The molecule has 0 spiro atoms. The maximum absolute atomic E-state index is 11.5. The van der Waals surface area contributed by atoms with Gasteiger partial charge < -0.3 is 16.4 Å². The average molecular weight is 273 g/mol. The molecule has 2 aromatic rings. The summed E-state index contributed by atoms with van der Waals surface area (Å²) in [5.41, 5.74) is 13.2. The molecule has 3 heterocycles. The smallest absolute Gasteiger partial charge is 0.269 e. The van der Waals surface area contributed by atoms with Crippen molar-refractivity contribution >= 4 is 17.5 Å². The molecule has 0 radical (unpaired) electrons. The van der Waals surface area contributed by atoms with Gasteiger partial charge in [0.2, 0.25) is 0 Å². The summed E-state index contributed by atoms with van der Waals surface area (Å²) in [4.78, 5) is 21.8. The number of nitrogens with two attached hydrogens (primary N) is 2. The average Bonchev–Trinajstić information content (AvgIpc) is 2.76. The lowest BCUT2D eigenvalue weighted by Gasteiger charge is -2.28. The Morgan fingerprint density at radius 2 is 2.20 bits per heavy atom. The molecule has 0 aliphatic carbocycles. The van der Waals surface area contributed by atoms with Crippen LogP contribution in [0.2, 0.25) is 0 Å². The summed E-state index contributed by atoms with van der Waals surface area (Å²) in [7, 11) is 1.82. The van der Waals surface area contributed by atoms with Crippen molar-refractivity contribution in [1.29, 1.82) is 0 Å². The third-order valence-electron chi connectivity index (χ3n) is 3.44. The van der Waals surface area contributed by atoms with Crippen LogP contribution >= 0.6 is 0 Å².